The summed E-state index contributed by atoms with van der Waals surface area (Å²) >= 11 is 6.96. The van der Waals surface area contributed by atoms with Crippen molar-refractivity contribution >= 4 is 55.8 Å². The second-order valence-corrected chi connectivity index (χ2v) is 10.6. The molecule has 0 atom stereocenters. The molecule has 12 heteroatoms. The highest BCUT2D eigenvalue weighted by molar-refractivity contribution is 7.91. The smallest absolute Gasteiger partial charge is 0.414 e. The van der Waals surface area contributed by atoms with Crippen LogP contribution in [0.5, 0.6) is 0 Å². The number of carbonyl (C=O) groups excluding carboxylic acids is 2. The number of hydrogen-bond donors (Lipinski definition) is 1. The summed E-state index contributed by atoms with van der Waals surface area (Å²) in [5, 5.41) is 3.29. The Kier molecular flexibility index (Phi) is 6.89. The van der Waals surface area contributed by atoms with Gasteiger partial charge in [0.25, 0.3) is 10.0 Å². The van der Waals surface area contributed by atoms with E-state index in [4.69, 9.17) is 16.3 Å². The molecule has 0 spiro atoms. The molecule has 2 aromatic rings. The molecule has 4 rings (SSSR count). The van der Waals surface area contributed by atoms with Crippen molar-refractivity contribution in [2.45, 2.75) is 44.0 Å². The minimum Gasteiger partial charge on any atom is -0.444 e. The third-order valence-electron chi connectivity index (χ3n) is 5.00. The number of halogens is 1. The standard InChI is InChI=1S/C18H19ClN4O5S2.CH4/c1-11(24)21-17-20-9-16(29-17)30(26,27)22-6-4-14(5-7-22)23-15-3-2-13(19)8-12(15)10-28-18(23)25;/h2-3,8-9,14H,4-7,10H2,1H3,(H,20,21,24);1H4. The molecule has 1 aromatic carbocycles. The summed E-state index contributed by atoms with van der Waals surface area (Å²) in [6.45, 7) is 2.01. The van der Waals surface area contributed by atoms with Crippen molar-refractivity contribution < 1.29 is 22.7 Å². The summed E-state index contributed by atoms with van der Waals surface area (Å²) in [7, 11) is -3.72. The fourth-order valence-corrected chi connectivity index (χ4v) is 6.51. The van der Waals surface area contributed by atoms with E-state index in [0.29, 0.717) is 17.9 Å². The Morgan fingerprint density at radius 1 is 1.32 bits per heavy atom. The number of carbonyl (C=O) groups is 2. The molecular formula is C19H23ClN4O5S2. The van der Waals surface area contributed by atoms with E-state index < -0.39 is 16.1 Å². The number of thiazole rings is 1. The van der Waals surface area contributed by atoms with Crippen LogP contribution in [0.2, 0.25) is 5.02 Å². The van der Waals surface area contributed by atoms with Crippen molar-refractivity contribution in [3.63, 3.8) is 0 Å². The number of anilines is 2. The number of nitrogens with one attached hydrogen (secondary N) is 1. The van der Waals surface area contributed by atoms with Crippen LogP contribution in [-0.2, 0) is 26.2 Å². The molecule has 0 aliphatic carbocycles. The van der Waals surface area contributed by atoms with Crippen molar-refractivity contribution in [3.8, 4) is 0 Å². The van der Waals surface area contributed by atoms with Gasteiger partial charge in [-0.15, -0.1) is 0 Å². The van der Waals surface area contributed by atoms with Gasteiger partial charge in [0, 0.05) is 36.6 Å². The summed E-state index contributed by atoms with van der Waals surface area (Å²) in [6.07, 6.45) is 1.74. The summed E-state index contributed by atoms with van der Waals surface area (Å²) in [6, 6.07) is 5.11. The van der Waals surface area contributed by atoms with Crippen molar-refractivity contribution in [1.82, 2.24) is 9.29 Å². The SMILES string of the molecule is C.CC(=O)Nc1ncc(S(=O)(=O)N2CCC(N3C(=O)OCc4cc(Cl)ccc43)CC2)s1. The van der Waals surface area contributed by atoms with Crippen LogP contribution < -0.4 is 10.2 Å². The molecule has 0 unspecified atom stereocenters. The molecule has 31 heavy (non-hydrogen) atoms. The molecule has 0 saturated carbocycles. The first kappa shape index (κ1) is 23.5. The van der Waals surface area contributed by atoms with Gasteiger partial charge in [-0.05, 0) is 31.0 Å². The summed E-state index contributed by atoms with van der Waals surface area (Å²) in [5.74, 6) is -0.316. The van der Waals surface area contributed by atoms with Crippen molar-refractivity contribution in [2.75, 3.05) is 23.3 Å². The van der Waals surface area contributed by atoms with Crippen molar-refractivity contribution in [2.24, 2.45) is 0 Å². The number of rotatable bonds is 4. The van der Waals surface area contributed by atoms with Gasteiger partial charge in [-0.3, -0.25) is 9.69 Å². The van der Waals surface area contributed by atoms with Crippen LogP contribution in [0, 0.1) is 0 Å². The summed E-state index contributed by atoms with van der Waals surface area (Å²) in [5.41, 5.74) is 1.58. The average Bonchev–Trinajstić information content (AvgIpc) is 3.17. The van der Waals surface area contributed by atoms with Gasteiger partial charge in [-0.2, -0.15) is 4.31 Å². The van der Waals surface area contributed by atoms with Gasteiger partial charge in [0.05, 0.1) is 11.9 Å². The Hall–Kier alpha value is -2.21. The topological polar surface area (TPSA) is 109 Å². The zero-order valence-electron chi connectivity index (χ0n) is 16.0. The van der Waals surface area contributed by atoms with Crippen LogP contribution in [0.1, 0.15) is 32.8 Å². The normalized spacial score (nSPS) is 17.5. The molecule has 0 radical (unpaired) electrons. The lowest BCUT2D eigenvalue weighted by atomic mass is 10.0. The Morgan fingerprint density at radius 3 is 2.71 bits per heavy atom. The van der Waals surface area contributed by atoms with E-state index in [1.165, 1.54) is 17.4 Å². The van der Waals surface area contributed by atoms with E-state index in [1.54, 1.807) is 23.1 Å². The molecule has 1 saturated heterocycles. The second-order valence-electron chi connectivity index (χ2n) is 7.00. The molecule has 1 aromatic heterocycles. The molecule has 1 N–H and O–H groups in total. The number of benzene rings is 1. The monoisotopic (exact) mass is 486 g/mol. The predicted molar refractivity (Wildman–Crippen MR) is 119 cm³/mol. The van der Waals surface area contributed by atoms with E-state index in [2.05, 4.69) is 10.3 Å². The quantitative estimate of drug-likeness (QED) is 0.705. The first-order chi connectivity index (χ1) is 14.3. The Morgan fingerprint density at radius 2 is 2.03 bits per heavy atom. The van der Waals surface area contributed by atoms with Gasteiger partial charge in [0.1, 0.15) is 6.61 Å². The van der Waals surface area contributed by atoms with E-state index in [-0.39, 0.29) is 48.4 Å². The molecule has 168 valence electrons. The fraction of sp³-hybridized carbons (Fsp3) is 0.421. The van der Waals surface area contributed by atoms with Crippen molar-refractivity contribution in [1.29, 1.82) is 0 Å². The lowest BCUT2D eigenvalue weighted by Crippen LogP contribution is -2.50. The van der Waals surface area contributed by atoms with Crippen LogP contribution in [0.4, 0.5) is 15.6 Å². The molecule has 3 heterocycles. The maximum atomic E-state index is 12.9. The Balaban J connectivity index is 0.00000272. The van der Waals surface area contributed by atoms with Crippen molar-refractivity contribution in [3.05, 3.63) is 35.0 Å². The number of piperidine rings is 1. The van der Waals surface area contributed by atoms with E-state index in [0.717, 1.165) is 22.6 Å². The summed E-state index contributed by atoms with van der Waals surface area (Å²) in [4.78, 5) is 29.1. The molecule has 2 aliphatic heterocycles. The van der Waals surface area contributed by atoms with Gasteiger partial charge >= 0.3 is 6.09 Å². The number of fused-ring (bicyclic) bond motifs is 1. The fourth-order valence-electron chi connectivity index (χ4n) is 3.61. The average molecular weight is 487 g/mol. The first-order valence-corrected chi connectivity index (χ1v) is 11.9. The van der Waals surface area contributed by atoms with E-state index in [9.17, 15) is 18.0 Å². The lowest BCUT2D eigenvalue weighted by molar-refractivity contribution is -0.114. The molecule has 1 fully saturated rings. The molecule has 2 aliphatic rings. The van der Waals surface area contributed by atoms with Gasteiger partial charge < -0.3 is 10.1 Å². The number of cyclic esters (lactones) is 1. The van der Waals surface area contributed by atoms with Gasteiger partial charge in [0.2, 0.25) is 5.91 Å². The molecular weight excluding hydrogens is 464 g/mol. The zero-order chi connectivity index (χ0) is 21.5. The van der Waals surface area contributed by atoms with Gasteiger partial charge in [0.15, 0.2) is 9.34 Å². The van der Waals surface area contributed by atoms with Gasteiger partial charge in [-0.1, -0.05) is 30.4 Å². The first-order valence-electron chi connectivity index (χ1n) is 9.23. The number of ether oxygens (including phenoxy) is 1. The highest BCUT2D eigenvalue weighted by Crippen LogP contribution is 2.35. The molecule has 0 bridgehead atoms. The Labute approximate surface area is 190 Å². The highest BCUT2D eigenvalue weighted by Gasteiger charge is 2.37. The number of hydrogen-bond acceptors (Lipinski definition) is 7. The third kappa shape index (κ3) is 4.69. The number of amides is 2. The molecule has 9 nitrogen and oxygen atoms in total. The highest BCUT2D eigenvalue weighted by atomic mass is 35.5. The number of aromatic nitrogens is 1. The minimum absolute atomic E-state index is 0. The Bertz CT molecular complexity index is 1100. The maximum absolute atomic E-state index is 12.9. The number of sulfonamides is 1. The van der Waals surface area contributed by atoms with Crippen LogP contribution >= 0.6 is 22.9 Å². The van der Waals surface area contributed by atoms with Gasteiger partial charge in [-0.25, -0.2) is 18.2 Å². The second kappa shape index (κ2) is 9.11. The third-order valence-corrected chi connectivity index (χ3v) is 8.48. The molecule has 2 amide bonds. The van der Waals surface area contributed by atoms with E-state index >= 15 is 0 Å². The van der Waals surface area contributed by atoms with E-state index in [1.807, 2.05) is 0 Å². The van der Waals surface area contributed by atoms with Crippen LogP contribution in [0.15, 0.2) is 28.6 Å². The van der Waals surface area contributed by atoms with Crippen LogP contribution in [0.3, 0.4) is 0 Å². The summed E-state index contributed by atoms with van der Waals surface area (Å²) < 4.78 is 32.6. The largest absolute Gasteiger partial charge is 0.444 e. The number of nitrogens with zero attached hydrogens (tertiary/aromatic N) is 3. The zero-order valence-corrected chi connectivity index (χ0v) is 18.4. The van der Waals surface area contributed by atoms with Crippen LogP contribution in [-0.4, -0.2) is 48.8 Å². The predicted octanol–water partition coefficient (Wildman–Crippen LogP) is 3.70. The van der Waals surface area contributed by atoms with Crippen LogP contribution in [0.25, 0.3) is 0 Å². The maximum Gasteiger partial charge on any atom is 0.414 e. The lowest BCUT2D eigenvalue weighted by Gasteiger charge is -2.39. The minimum atomic E-state index is -3.72.